The molecule has 0 bridgehead atoms. The van der Waals surface area contributed by atoms with Crippen LogP contribution in [0.4, 0.5) is 5.13 Å². The van der Waals surface area contributed by atoms with Crippen LogP contribution in [0.15, 0.2) is 0 Å². The first-order valence-electron chi connectivity index (χ1n) is 6.43. The zero-order chi connectivity index (χ0) is 12.3. The molecular formula is C12H21N3OS. The fourth-order valence-electron chi connectivity index (χ4n) is 1.95. The lowest BCUT2D eigenvalue weighted by atomic mass is 9.92. The highest BCUT2D eigenvalue weighted by Gasteiger charge is 2.27. The summed E-state index contributed by atoms with van der Waals surface area (Å²) in [5, 5.41) is 10.0. The molecule has 1 aliphatic carbocycles. The summed E-state index contributed by atoms with van der Waals surface area (Å²) in [6, 6.07) is 0.620. The Kier molecular flexibility index (Phi) is 4.34. The van der Waals surface area contributed by atoms with Gasteiger partial charge in [-0.25, -0.2) is 4.98 Å². The molecule has 0 radical (unpaired) electrons. The van der Waals surface area contributed by atoms with Crippen LogP contribution in [0.25, 0.3) is 0 Å². The predicted octanol–water partition coefficient (Wildman–Crippen LogP) is 2.40. The molecule has 17 heavy (non-hydrogen) atoms. The minimum absolute atomic E-state index is 0.249. The number of rotatable bonds is 6. The second-order valence-corrected chi connectivity index (χ2v) is 5.68. The Morgan fingerprint density at radius 2 is 2.24 bits per heavy atom. The molecule has 0 spiro atoms. The fourth-order valence-corrected chi connectivity index (χ4v) is 2.86. The monoisotopic (exact) mass is 255 g/mol. The molecule has 4 nitrogen and oxygen atoms in total. The van der Waals surface area contributed by atoms with Crippen molar-refractivity contribution in [3.8, 4) is 0 Å². The van der Waals surface area contributed by atoms with Gasteiger partial charge in [0, 0.05) is 36.6 Å². The van der Waals surface area contributed by atoms with E-state index in [4.69, 9.17) is 5.11 Å². The molecule has 0 amide bonds. The first-order chi connectivity index (χ1) is 8.22. The van der Waals surface area contributed by atoms with Gasteiger partial charge in [0.05, 0.1) is 0 Å². The first kappa shape index (κ1) is 12.8. The van der Waals surface area contributed by atoms with Gasteiger partial charge in [0.25, 0.3) is 0 Å². The van der Waals surface area contributed by atoms with Crippen molar-refractivity contribution in [2.45, 2.75) is 51.5 Å². The topological polar surface area (TPSA) is 49.2 Å². The third kappa shape index (κ3) is 2.96. The summed E-state index contributed by atoms with van der Waals surface area (Å²) in [5.41, 5.74) is 0. The van der Waals surface area contributed by atoms with Crippen molar-refractivity contribution >= 4 is 16.7 Å². The van der Waals surface area contributed by atoms with E-state index in [9.17, 15) is 0 Å². The van der Waals surface area contributed by atoms with Crippen LogP contribution in [0.2, 0.25) is 0 Å². The highest BCUT2D eigenvalue weighted by Crippen LogP contribution is 2.31. The van der Waals surface area contributed by atoms with Gasteiger partial charge in [0.15, 0.2) is 0 Å². The summed E-state index contributed by atoms with van der Waals surface area (Å²) in [6.07, 6.45) is 4.63. The maximum atomic E-state index is 8.97. The molecule has 1 saturated carbocycles. The zero-order valence-electron chi connectivity index (χ0n) is 10.6. The molecule has 0 saturated heterocycles. The molecule has 0 unspecified atom stereocenters. The van der Waals surface area contributed by atoms with Gasteiger partial charge in [-0.05, 0) is 25.7 Å². The van der Waals surface area contributed by atoms with Gasteiger partial charge in [-0.2, -0.15) is 4.37 Å². The van der Waals surface area contributed by atoms with Gasteiger partial charge in [0.1, 0.15) is 5.82 Å². The van der Waals surface area contributed by atoms with Gasteiger partial charge >= 0.3 is 0 Å². The van der Waals surface area contributed by atoms with Crippen LogP contribution in [-0.2, 0) is 0 Å². The van der Waals surface area contributed by atoms with E-state index in [1.165, 1.54) is 30.8 Å². The maximum Gasteiger partial charge on any atom is 0.205 e. The number of aliphatic hydroxyl groups is 1. The molecule has 1 fully saturated rings. The lowest BCUT2D eigenvalue weighted by Crippen LogP contribution is -2.41. The standard InChI is InChI=1S/C12H21N3OS/c1-9(2)11-13-12(17-14-11)15(7-4-8-16)10-5-3-6-10/h9-10,16H,3-8H2,1-2H3. The average molecular weight is 255 g/mol. The van der Waals surface area contributed by atoms with Crippen LogP contribution < -0.4 is 4.90 Å². The van der Waals surface area contributed by atoms with E-state index in [1.807, 2.05) is 0 Å². The van der Waals surface area contributed by atoms with Crippen molar-refractivity contribution in [3.05, 3.63) is 5.82 Å². The Bertz CT molecular complexity index is 349. The van der Waals surface area contributed by atoms with Crippen molar-refractivity contribution in [2.24, 2.45) is 0 Å². The molecule has 2 rings (SSSR count). The maximum absolute atomic E-state index is 8.97. The van der Waals surface area contributed by atoms with E-state index in [2.05, 4.69) is 28.1 Å². The van der Waals surface area contributed by atoms with Gasteiger partial charge in [-0.3, -0.25) is 0 Å². The first-order valence-corrected chi connectivity index (χ1v) is 7.21. The van der Waals surface area contributed by atoms with Crippen molar-refractivity contribution in [1.82, 2.24) is 9.36 Å². The van der Waals surface area contributed by atoms with Gasteiger partial charge in [-0.1, -0.05) is 13.8 Å². The van der Waals surface area contributed by atoms with Crippen LogP contribution in [0.3, 0.4) is 0 Å². The SMILES string of the molecule is CC(C)c1nsc(N(CCCO)C2CCC2)n1. The Morgan fingerprint density at radius 1 is 1.47 bits per heavy atom. The van der Waals surface area contributed by atoms with E-state index >= 15 is 0 Å². The normalized spacial score (nSPS) is 16.2. The van der Waals surface area contributed by atoms with Crippen LogP contribution in [0.5, 0.6) is 0 Å². The number of nitrogens with zero attached hydrogens (tertiary/aromatic N) is 3. The fraction of sp³-hybridized carbons (Fsp3) is 0.833. The molecule has 1 N–H and O–H groups in total. The second kappa shape index (κ2) is 5.78. The molecule has 0 aromatic carbocycles. The minimum atomic E-state index is 0.249. The molecule has 1 aromatic heterocycles. The summed E-state index contributed by atoms with van der Waals surface area (Å²) in [5.74, 6) is 1.33. The van der Waals surface area contributed by atoms with Gasteiger partial charge < -0.3 is 10.0 Å². The summed E-state index contributed by atoms with van der Waals surface area (Å²) in [6.45, 7) is 5.38. The molecule has 0 atom stereocenters. The lowest BCUT2D eigenvalue weighted by Gasteiger charge is -2.37. The van der Waals surface area contributed by atoms with Gasteiger partial charge in [-0.15, -0.1) is 0 Å². The summed E-state index contributed by atoms with van der Waals surface area (Å²) in [4.78, 5) is 6.95. The highest BCUT2D eigenvalue weighted by atomic mass is 32.1. The van der Waals surface area contributed by atoms with Crippen LogP contribution in [-0.4, -0.2) is 33.7 Å². The van der Waals surface area contributed by atoms with Crippen molar-refractivity contribution in [3.63, 3.8) is 0 Å². The summed E-state index contributed by atoms with van der Waals surface area (Å²) >= 11 is 1.50. The summed E-state index contributed by atoms with van der Waals surface area (Å²) in [7, 11) is 0. The minimum Gasteiger partial charge on any atom is -0.396 e. The molecule has 1 aromatic rings. The lowest BCUT2D eigenvalue weighted by molar-refractivity contribution is 0.283. The molecule has 96 valence electrons. The molecule has 5 heteroatoms. The third-order valence-corrected chi connectivity index (χ3v) is 4.03. The number of aromatic nitrogens is 2. The Labute approximate surface area is 107 Å². The number of aliphatic hydroxyl groups excluding tert-OH is 1. The van der Waals surface area contributed by atoms with E-state index in [-0.39, 0.29) is 6.61 Å². The Morgan fingerprint density at radius 3 is 2.71 bits per heavy atom. The van der Waals surface area contributed by atoms with E-state index in [0.717, 1.165) is 23.9 Å². The molecular weight excluding hydrogens is 234 g/mol. The Balaban J connectivity index is 2.07. The van der Waals surface area contributed by atoms with Gasteiger partial charge in [0.2, 0.25) is 5.13 Å². The smallest absolute Gasteiger partial charge is 0.205 e. The average Bonchev–Trinajstić information content (AvgIpc) is 2.70. The third-order valence-electron chi connectivity index (χ3n) is 3.27. The molecule has 0 aliphatic heterocycles. The van der Waals surface area contributed by atoms with Crippen LogP contribution in [0.1, 0.15) is 51.3 Å². The zero-order valence-corrected chi connectivity index (χ0v) is 11.4. The molecule has 1 aliphatic rings. The second-order valence-electron chi connectivity index (χ2n) is 4.95. The number of anilines is 1. The number of hydrogen-bond donors (Lipinski definition) is 1. The van der Waals surface area contributed by atoms with E-state index < -0.39 is 0 Å². The van der Waals surface area contributed by atoms with Crippen LogP contribution in [0, 0.1) is 0 Å². The summed E-state index contributed by atoms with van der Waals surface area (Å²) < 4.78 is 4.41. The molecule has 1 heterocycles. The van der Waals surface area contributed by atoms with E-state index in [0.29, 0.717) is 12.0 Å². The van der Waals surface area contributed by atoms with Crippen LogP contribution >= 0.6 is 11.5 Å². The predicted molar refractivity (Wildman–Crippen MR) is 70.7 cm³/mol. The van der Waals surface area contributed by atoms with Crippen molar-refractivity contribution in [1.29, 1.82) is 0 Å². The Hall–Kier alpha value is -0.680. The number of hydrogen-bond acceptors (Lipinski definition) is 5. The highest BCUT2D eigenvalue weighted by molar-refractivity contribution is 7.09. The van der Waals surface area contributed by atoms with Crippen molar-refractivity contribution < 1.29 is 5.11 Å². The largest absolute Gasteiger partial charge is 0.396 e. The van der Waals surface area contributed by atoms with E-state index in [1.54, 1.807) is 0 Å². The quantitative estimate of drug-likeness (QED) is 0.848. The van der Waals surface area contributed by atoms with Crippen molar-refractivity contribution in [2.75, 3.05) is 18.1 Å².